The van der Waals surface area contributed by atoms with Crippen molar-refractivity contribution < 1.29 is 9.53 Å². The predicted octanol–water partition coefficient (Wildman–Crippen LogP) is 2.03. The highest BCUT2D eigenvalue weighted by molar-refractivity contribution is 5.94. The fraction of sp³-hybridized carbons (Fsp3) is 0.412. The van der Waals surface area contributed by atoms with Gasteiger partial charge in [0.15, 0.2) is 0 Å². The van der Waals surface area contributed by atoms with Gasteiger partial charge in [0.25, 0.3) is 5.91 Å². The van der Waals surface area contributed by atoms with Gasteiger partial charge in [-0.05, 0) is 49.6 Å². The molecule has 1 aromatic carbocycles. The van der Waals surface area contributed by atoms with Gasteiger partial charge in [0.05, 0.1) is 12.5 Å². The van der Waals surface area contributed by atoms with Crippen LogP contribution < -0.4 is 10.1 Å². The van der Waals surface area contributed by atoms with Crippen molar-refractivity contribution in [3.8, 4) is 11.6 Å². The zero-order valence-corrected chi connectivity index (χ0v) is 12.9. The molecule has 3 heterocycles. The summed E-state index contributed by atoms with van der Waals surface area (Å²) in [5, 5.41) is 3.16. The number of carbonyl (C=O) groups excluding carboxylic acids is 1. The van der Waals surface area contributed by atoms with E-state index in [0.29, 0.717) is 17.2 Å². The molecule has 0 radical (unpaired) electrons. The van der Waals surface area contributed by atoms with Crippen LogP contribution in [0.25, 0.3) is 0 Å². The van der Waals surface area contributed by atoms with Crippen LogP contribution in [0.4, 0.5) is 0 Å². The minimum absolute atomic E-state index is 0.00871. The van der Waals surface area contributed by atoms with Gasteiger partial charge in [0.1, 0.15) is 5.75 Å². The van der Waals surface area contributed by atoms with Gasteiger partial charge in [-0.1, -0.05) is 0 Å². The number of aromatic nitrogens is 2. The number of nitrogens with one attached hydrogen (secondary N) is 2. The molecule has 1 aromatic heterocycles. The van der Waals surface area contributed by atoms with Crippen LogP contribution in [0.15, 0.2) is 36.8 Å². The maximum Gasteiger partial charge on any atom is 0.251 e. The second-order valence-corrected chi connectivity index (χ2v) is 6.36. The topological polar surface area (TPSA) is 70.2 Å². The molecule has 0 aliphatic carbocycles. The highest BCUT2D eigenvalue weighted by Crippen LogP contribution is 2.27. The summed E-state index contributed by atoms with van der Waals surface area (Å²) in [6.07, 6.45) is 5.53. The van der Waals surface area contributed by atoms with Gasteiger partial charge in [-0.15, -0.1) is 0 Å². The molecule has 1 amide bonds. The molecule has 2 aliphatic rings. The third-order valence-corrected chi connectivity index (χ3v) is 4.62. The maximum atomic E-state index is 12.4. The predicted molar refractivity (Wildman–Crippen MR) is 85.5 cm³/mol. The monoisotopic (exact) mass is 312 g/mol. The van der Waals surface area contributed by atoms with Gasteiger partial charge >= 0.3 is 0 Å². The number of fused-ring (bicyclic) bond motifs is 2. The smallest absolute Gasteiger partial charge is 0.251 e. The summed E-state index contributed by atoms with van der Waals surface area (Å²) in [5.41, 5.74) is 0.662. The van der Waals surface area contributed by atoms with Crippen LogP contribution in [0.5, 0.6) is 11.6 Å². The van der Waals surface area contributed by atoms with Crippen LogP contribution in [0.1, 0.15) is 23.2 Å². The standard InChI is InChI=1S/C17H20N4O2/c22-17(20-14-7-12-5-6-21(9-12)10-14)13-1-3-15(4-2-13)23-16-8-18-11-19-16/h1-4,8,11-12,14H,5-7,9-10H2,(H,18,19)(H,20,22)/t12-,14-/m1/s1. The summed E-state index contributed by atoms with van der Waals surface area (Å²) in [4.78, 5) is 21.6. The number of hydrogen-bond donors (Lipinski definition) is 2. The number of aromatic amines is 1. The van der Waals surface area contributed by atoms with E-state index in [2.05, 4.69) is 20.2 Å². The first-order valence-electron chi connectivity index (χ1n) is 8.06. The number of rotatable bonds is 4. The number of benzene rings is 1. The fourth-order valence-corrected chi connectivity index (χ4v) is 3.53. The van der Waals surface area contributed by atoms with E-state index in [4.69, 9.17) is 4.74 Å². The molecule has 2 N–H and O–H groups in total. The molecule has 2 saturated heterocycles. The van der Waals surface area contributed by atoms with E-state index in [0.717, 1.165) is 18.9 Å². The van der Waals surface area contributed by atoms with Gasteiger partial charge in [0.2, 0.25) is 5.88 Å². The van der Waals surface area contributed by atoms with Crippen molar-refractivity contribution in [1.29, 1.82) is 0 Å². The molecule has 2 bridgehead atoms. The van der Waals surface area contributed by atoms with Crippen LogP contribution in [-0.2, 0) is 0 Å². The minimum atomic E-state index is -0.00871. The Balaban J connectivity index is 1.36. The fourth-order valence-electron chi connectivity index (χ4n) is 3.53. The van der Waals surface area contributed by atoms with E-state index in [1.807, 2.05) is 0 Å². The Labute approximate surface area is 134 Å². The van der Waals surface area contributed by atoms with Crippen molar-refractivity contribution in [2.24, 2.45) is 5.92 Å². The zero-order chi connectivity index (χ0) is 15.6. The van der Waals surface area contributed by atoms with E-state index in [1.54, 1.807) is 36.8 Å². The summed E-state index contributed by atoms with van der Waals surface area (Å²) in [6.45, 7) is 3.35. The zero-order valence-electron chi connectivity index (χ0n) is 12.9. The Bertz CT molecular complexity index is 656. The van der Waals surface area contributed by atoms with Gasteiger partial charge in [-0.3, -0.25) is 4.79 Å². The SMILES string of the molecule is O=C(N[C@@H]1C[C@H]2CCN(C2)C1)c1ccc(Oc2cnc[nH]2)cc1. The van der Waals surface area contributed by atoms with Crippen LogP contribution in [0, 0.1) is 5.92 Å². The number of carbonyl (C=O) groups is 1. The lowest BCUT2D eigenvalue weighted by Crippen LogP contribution is -2.46. The maximum absolute atomic E-state index is 12.4. The van der Waals surface area contributed by atoms with E-state index in [9.17, 15) is 4.79 Å². The number of H-pyrrole nitrogens is 1. The summed E-state index contributed by atoms with van der Waals surface area (Å²) >= 11 is 0. The Morgan fingerprint density at radius 1 is 1.30 bits per heavy atom. The first kappa shape index (κ1) is 14.3. The Hall–Kier alpha value is -2.34. The van der Waals surface area contributed by atoms with Crippen LogP contribution in [0.2, 0.25) is 0 Å². The van der Waals surface area contributed by atoms with E-state index in [-0.39, 0.29) is 11.9 Å². The van der Waals surface area contributed by atoms with Crippen LogP contribution in [-0.4, -0.2) is 46.5 Å². The highest BCUT2D eigenvalue weighted by Gasteiger charge is 2.32. The number of hydrogen-bond acceptors (Lipinski definition) is 4. The van der Waals surface area contributed by atoms with Crippen molar-refractivity contribution >= 4 is 5.91 Å². The molecule has 2 aromatic rings. The van der Waals surface area contributed by atoms with Crippen molar-refractivity contribution in [3.05, 3.63) is 42.4 Å². The van der Waals surface area contributed by atoms with Gasteiger partial charge < -0.3 is 19.9 Å². The lowest BCUT2D eigenvalue weighted by atomic mass is 9.96. The van der Waals surface area contributed by atoms with E-state index >= 15 is 0 Å². The average Bonchev–Trinajstić information content (AvgIpc) is 3.18. The second-order valence-electron chi connectivity index (χ2n) is 6.36. The van der Waals surface area contributed by atoms with Crippen molar-refractivity contribution in [3.63, 3.8) is 0 Å². The Morgan fingerprint density at radius 2 is 2.17 bits per heavy atom. The quantitative estimate of drug-likeness (QED) is 0.906. The summed E-state index contributed by atoms with van der Waals surface area (Å²) in [5.74, 6) is 1.99. The molecule has 6 nitrogen and oxygen atoms in total. The molecule has 4 rings (SSSR count). The first-order chi connectivity index (χ1) is 11.3. The first-order valence-corrected chi connectivity index (χ1v) is 8.06. The number of imidazole rings is 1. The van der Waals surface area contributed by atoms with Crippen LogP contribution >= 0.6 is 0 Å². The molecule has 6 heteroatoms. The highest BCUT2D eigenvalue weighted by atomic mass is 16.5. The largest absolute Gasteiger partial charge is 0.439 e. The van der Waals surface area contributed by atoms with E-state index < -0.39 is 0 Å². The Morgan fingerprint density at radius 3 is 2.91 bits per heavy atom. The lowest BCUT2D eigenvalue weighted by Gasteiger charge is -2.30. The molecular formula is C17H20N4O2. The molecule has 1 unspecified atom stereocenters. The van der Waals surface area contributed by atoms with Crippen LogP contribution in [0.3, 0.4) is 0 Å². The van der Waals surface area contributed by atoms with E-state index in [1.165, 1.54) is 19.5 Å². The number of amides is 1. The second kappa shape index (κ2) is 6.04. The van der Waals surface area contributed by atoms with Crippen molar-refractivity contribution in [2.45, 2.75) is 18.9 Å². The summed E-state index contributed by atoms with van der Waals surface area (Å²) < 4.78 is 5.58. The summed E-state index contributed by atoms with van der Waals surface area (Å²) in [7, 11) is 0. The average molecular weight is 312 g/mol. The molecule has 3 atom stereocenters. The van der Waals surface area contributed by atoms with Crippen molar-refractivity contribution in [2.75, 3.05) is 19.6 Å². The number of piperidine rings is 1. The lowest BCUT2D eigenvalue weighted by molar-refractivity contribution is 0.0909. The molecule has 0 spiro atoms. The third-order valence-electron chi connectivity index (χ3n) is 4.62. The molecule has 2 aliphatic heterocycles. The third kappa shape index (κ3) is 3.22. The normalized spacial score (nSPS) is 26.0. The molecule has 0 saturated carbocycles. The van der Waals surface area contributed by atoms with Gasteiger partial charge in [-0.25, -0.2) is 4.98 Å². The van der Waals surface area contributed by atoms with Gasteiger partial charge in [-0.2, -0.15) is 0 Å². The summed E-state index contributed by atoms with van der Waals surface area (Å²) in [6, 6.07) is 7.44. The Kier molecular flexibility index (Phi) is 3.75. The van der Waals surface area contributed by atoms with Gasteiger partial charge in [0, 0.05) is 24.7 Å². The minimum Gasteiger partial charge on any atom is -0.439 e. The number of ether oxygens (including phenoxy) is 1. The number of nitrogens with zero attached hydrogens (tertiary/aromatic N) is 2. The molecular weight excluding hydrogens is 292 g/mol. The molecule has 120 valence electrons. The molecule has 23 heavy (non-hydrogen) atoms. The van der Waals surface area contributed by atoms with Crippen molar-refractivity contribution in [1.82, 2.24) is 20.2 Å². The molecule has 2 fully saturated rings.